The molecular weight excluding hydrogens is 292 g/mol. The summed E-state index contributed by atoms with van der Waals surface area (Å²) in [6.45, 7) is 4.12. The molecule has 1 N–H and O–H groups in total. The highest BCUT2D eigenvalue weighted by molar-refractivity contribution is 5.77. The van der Waals surface area contributed by atoms with Crippen LogP contribution in [0.5, 0.6) is 5.75 Å². The molecular formula is C19H18O4. The Morgan fingerprint density at radius 3 is 2.48 bits per heavy atom. The zero-order valence-corrected chi connectivity index (χ0v) is 13.1. The molecule has 0 spiro atoms. The lowest BCUT2D eigenvalue weighted by Gasteiger charge is -2.14. The van der Waals surface area contributed by atoms with E-state index >= 15 is 0 Å². The zero-order valence-electron chi connectivity index (χ0n) is 13.1. The molecule has 0 aliphatic rings. The summed E-state index contributed by atoms with van der Waals surface area (Å²) in [5.41, 5.74) is 3.11. The van der Waals surface area contributed by atoms with E-state index < -0.39 is 11.7 Å². The highest BCUT2D eigenvalue weighted by atomic mass is 16.5. The molecule has 3 aromatic rings. The third-order valence-electron chi connectivity index (χ3n) is 3.63. The van der Waals surface area contributed by atoms with Crippen molar-refractivity contribution in [1.29, 1.82) is 0 Å². The van der Waals surface area contributed by atoms with Crippen LogP contribution in [0.15, 0.2) is 57.7 Å². The maximum Gasteiger partial charge on any atom is 0.336 e. The normalized spacial score (nSPS) is 12.3. The SMILES string of the molecule is Cc1cc(C)cc(C(O)COc2ccc3ccc(=O)oc3c2)c1. The number of fused-ring (bicyclic) bond motifs is 1. The van der Waals surface area contributed by atoms with Crippen molar-refractivity contribution >= 4 is 11.0 Å². The molecule has 0 aliphatic carbocycles. The van der Waals surface area contributed by atoms with Crippen molar-refractivity contribution in [3.63, 3.8) is 0 Å². The monoisotopic (exact) mass is 310 g/mol. The molecule has 1 aromatic heterocycles. The number of aryl methyl sites for hydroxylation is 2. The van der Waals surface area contributed by atoms with Crippen molar-refractivity contribution in [2.45, 2.75) is 20.0 Å². The minimum absolute atomic E-state index is 0.130. The molecule has 0 saturated heterocycles. The minimum atomic E-state index is -0.716. The molecule has 0 fully saturated rings. The zero-order chi connectivity index (χ0) is 16.4. The van der Waals surface area contributed by atoms with E-state index in [9.17, 15) is 9.90 Å². The summed E-state index contributed by atoms with van der Waals surface area (Å²) in [6.07, 6.45) is -0.716. The molecule has 1 atom stereocenters. The number of aliphatic hydroxyl groups excluding tert-OH is 1. The number of hydrogen-bond donors (Lipinski definition) is 1. The third kappa shape index (κ3) is 3.60. The lowest BCUT2D eigenvalue weighted by molar-refractivity contribution is 0.108. The Bertz CT molecular complexity index is 875. The average Bonchev–Trinajstić information content (AvgIpc) is 2.51. The fraction of sp³-hybridized carbons (Fsp3) is 0.211. The molecule has 4 heteroatoms. The van der Waals surface area contributed by atoms with E-state index in [1.807, 2.05) is 32.0 Å². The van der Waals surface area contributed by atoms with Crippen molar-refractivity contribution in [2.75, 3.05) is 6.61 Å². The van der Waals surface area contributed by atoms with Gasteiger partial charge in [0.25, 0.3) is 0 Å². The largest absolute Gasteiger partial charge is 0.490 e. The first kappa shape index (κ1) is 15.3. The van der Waals surface area contributed by atoms with E-state index in [2.05, 4.69) is 6.07 Å². The van der Waals surface area contributed by atoms with Crippen molar-refractivity contribution < 1.29 is 14.3 Å². The Morgan fingerprint density at radius 2 is 1.74 bits per heavy atom. The van der Waals surface area contributed by atoms with Gasteiger partial charge in [0.2, 0.25) is 0 Å². The Kier molecular flexibility index (Phi) is 4.17. The highest BCUT2D eigenvalue weighted by Gasteiger charge is 2.10. The molecule has 0 bridgehead atoms. The van der Waals surface area contributed by atoms with Gasteiger partial charge in [0.1, 0.15) is 24.0 Å². The topological polar surface area (TPSA) is 59.7 Å². The second-order valence-corrected chi connectivity index (χ2v) is 5.70. The van der Waals surface area contributed by atoms with Crippen LogP contribution in [0.3, 0.4) is 0 Å². The Labute approximate surface area is 134 Å². The van der Waals surface area contributed by atoms with Crippen molar-refractivity contribution in [2.24, 2.45) is 0 Å². The van der Waals surface area contributed by atoms with Crippen LogP contribution in [0.25, 0.3) is 11.0 Å². The van der Waals surface area contributed by atoms with Crippen LogP contribution in [0.2, 0.25) is 0 Å². The fourth-order valence-corrected chi connectivity index (χ4v) is 2.60. The Balaban J connectivity index is 1.75. The van der Waals surface area contributed by atoms with Gasteiger partial charge in [-0.3, -0.25) is 0 Å². The highest BCUT2D eigenvalue weighted by Crippen LogP contribution is 2.22. The maximum absolute atomic E-state index is 11.3. The number of hydrogen-bond acceptors (Lipinski definition) is 4. The van der Waals surface area contributed by atoms with Gasteiger partial charge < -0.3 is 14.3 Å². The first-order valence-electron chi connectivity index (χ1n) is 7.44. The summed E-state index contributed by atoms with van der Waals surface area (Å²) in [4.78, 5) is 11.3. The van der Waals surface area contributed by atoms with Crippen LogP contribution in [0, 0.1) is 13.8 Å². The van der Waals surface area contributed by atoms with Gasteiger partial charge in [-0.05, 0) is 37.6 Å². The molecule has 3 rings (SSSR count). The summed E-state index contributed by atoms with van der Waals surface area (Å²) in [5.74, 6) is 0.551. The van der Waals surface area contributed by atoms with Crippen LogP contribution in [-0.4, -0.2) is 11.7 Å². The molecule has 2 aromatic carbocycles. The van der Waals surface area contributed by atoms with Gasteiger partial charge in [-0.15, -0.1) is 0 Å². The number of rotatable bonds is 4. The van der Waals surface area contributed by atoms with Gasteiger partial charge in [0.15, 0.2) is 0 Å². The minimum Gasteiger partial charge on any atom is -0.490 e. The second kappa shape index (κ2) is 6.26. The van der Waals surface area contributed by atoms with Crippen LogP contribution in [-0.2, 0) is 0 Å². The summed E-state index contributed by atoms with van der Waals surface area (Å²) in [6, 6.07) is 14.3. The molecule has 4 nitrogen and oxygen atoms in total. The second-order valence-electron chi connectivity index (χ2n) is 5.70. The number of ether oxygens (including phenoxy) is 1. The predicted octanol–water partition coefficient (Wildman–Crippen LogP) is 3.52. The Morgan fingerprint density at radius 1 is 1.04 bits per heavy atom. The quantitative estimate of drug-likeness (QED) is 0.749. The molecule has 0 radical (unpaired) electrons. The van der Waals surface area contributed by atoms with Crippen LogP contribution >= 0.6 is 0 Å². The van der Waals surface area contributed by atoms with Gasteiger partial charge in [-0.25, -0.2) is 4.79 Å². The summed E-state index contributed by atoms with van der Waals surface area (Å²) < 4.78 is 10.8. The molecule has 0 saturated carbocycles. The van der Waals surface area contributed by atoms with E-state index in [1.54, 1.807) is 18.2 Å². The molecule has 0 amide bonds. The van der Waals surface area contributed by atoms with Gasteiger partial charge in [-0.2, -0.15) is 0 Å². The first-order chi connectivity index (χ1) is 11.0. The van der Waals surface area contributed by atoms with E-state index in [0.29, 0.717) is 11.3 Å². The standard InChI is InChI=1S/C19H18O4/c1-12-7-13(2)9-15(8-12)17(20)11-22-16-5-3-14-4-6-19(21)23-18(14)10-16/h3-10,17,20H,11H2,1-2H3. The van der Waals surface area contributed by atoms with E-state index in [-0.39, 0.29) is 6.61 Å². The van der Waals surface area contributed by atoms with E-state index in [1.165, 1.54) is 6.07 Å². The fourth-order valence-electron chi connectivity index (χ4n) is 2.60. The first-order valence-corrected chi connectivity index (χ1v) is 7.44. The van der Waals surface area contributed by atoms with Gasteiger partial charge in [0.05, 0.1) is 0 Å². The van der Waals surface area contributed by atoms with Gasteiger partial charge >= 0.3 is 5.63 Å². The lowest BCUT2D eigenvalue weighted by atomic mass is 10.0. The Hall–Kier alpha value is -2.59. The molecule has 23 heavy (non-hydrogen) atoms. The van der Waals surface area contributed by atoms with Crippen LogP contribution < -0.4 is 10.4 Å². The molecule has 0 aliphatic heterocycles. The van der Waals surface area contributed by atoms with Crippen molar-refractivity contribution in [3.8, 4) is 5.75 Å². The van der Waals surface area contributed by atoms with E-state index in [0.717, 1.165) is 22.1 Å². The van der Waals surface area contributed by atoms with Crippen molar-refractivity contribution in [3.05, 3.63) is 75.6 Å². The molecule has 1 unspecified atom stereocenters. The van der Waals surface area contributed by atoms with Gasteiger partial charge in [0, 0.05) is 17.5 Å². The predicted molar refractivity (Wildman–Crippen MR) is 88.9 cm³/mol. The number of aliphatic hydroxyl groups is 1. The summed E-state index contributed by atoms with van der Waals surface area (Å²) in [7, 11) is 0. The lowest BCUT2D eigenvalue weighted by Crippen LogP contribution is -2.10. The smallest absolute Gasteiger partial charge is 0.336 e. The molecule has 1 heterocycles. The van der Waals surface area contributed by atoms with Crippen LogP contribution in [0.4, 0.5) is 0 Å². The third-order valence-corrected chi connectivity index (χ3v) is 3.63. The molecule has 118 valence electrons. The summed E-state index contributed by atoms with van der Waals surface area (Å²) in [5, 5.41) is 11.1. The average molecular weight is 310 g/mol. The number of benzene rings is 2. The van der Waals surface area contributed by atoms with E-state index in [4.69, 9.17) is 9.15 Å². The van der Waals surface area contributed by atoms with Gasteiger partial charge in [-0.1, -0.05) is 29.3 Å². The summed E-state index contributed by atoms with van der Waals surface area (Å²) >= 11 is 0. The van der Waals surface area contributed by atoms with Crippen LogP contribution in [0.1, 0.15) is 22.8 Å². The maximum atomic E-state index is 11.3. The van der Waals surface area contributed by atoms with Crippen molar-refractivity contribution in [1.82, 2.24) is 0 Å².